The molecule has 6 N–H and O–H groups in total. The number of hydrogen-bond acceptors (Lipinski definition) is 16. The smallest absolute Gasteiger partial charge is 0.337 e. The number of hydrogen-bond donors (Lipinski definition) is 6. The number of carbonyl (C=O) groups excluding carboxylic acids is 2. The average molecular weight is 1530 g/mol. The molecule has 0 unspecified atom stereocenters. The molecule has 2 amide bonds. The van der Waals surface area contributed by atoms with E-state index in [2.05, 4.69) is 41.6 Å². The molecule has 22 nitrogen and oxygen atoms in total. The van der Waals surface area contributed by atoms with Crippen LogP contribution in [0.1, 0.15) is 31.1 Å². The van der Waals surface area contributed by atoms with E-state index in [1.54, 1.807) is 46.2 Å². The number of rotatable bonds is 15. The molecule has 0 spiro atoms. The molecule has 1 radical (unpaired) electrons. The van der Waals surface area contributed by atoms with Crippen molar-refractivity contribution in [2.45, 2.75) is 14.7 Å². The Labute approximate surface area is 546 Å². The Morgan fingerprint density at radius 2 is 0.756 bits per heavy atom. The molecule has 3 aliphatic rings. The molecule has 3 saturated heterocycles. The van der Waals surface area contributed by atoms with Gasteiger partial charge in [0.05, 0.1) is 78.1 Å². The summed E-state index contributed by atoms with van der Waals surface area (Å²) in [6, 6.07) is 30.7. The molecule has 30 heteroatoms. The number of carbonyl (C=O) groups is 3. The topological polar surface area (TPSA) is 275 Å². The Morgan fingerprint density at radius 1 is 0.477 bits per heavy atom. The molecule has 9 rings (SSSR count). The monoisotopic (exact) mass is 1530 g/mol. The fraction of sp³-hybridized carbons (Fsp3) is 0.304. The number of piperazine rings is 3. The number of nitrogens with one attached hydrogen (secondary N) is 5. The first-order valence-electron chi connectivity index (χ1n) is 27.1. The second kappa shape index (κ2) is 34.1. The first-order chi connectivity index (χ1) is 41.3. The molecule has 0 aromatic heterocycles. The Hall–Kier alpha value is -5.79. The zero-order valence-corrected chi connectivity index (χ0v) is 56.6. The Bertz CT molecular complexity index is 3600. The maximum absolute atomic E-state index is 13.0. The maximum atomic E-state index is 13.0. The Morgan fingerprint density at radius 3 is 1.05 bits per heavy atom. The minimum atomic E-state index is -3.92. The number of methoxy groups -OCH3 is 3. The fourth-order valence-corrected chi connectivity index (χ4v) is 12.0. The van der Waals surface area contributed by atoms with Crippen molar-refractivity contribution in [3.05, 3.63) is 159 Å². The number of sulfonamides is 3. The van der Waals surface area contributed by atoms with E-state index in [9.17, 15) is 39.6 Å². The van der Waals surface area contributed by atoms with E-state index in [1.165, 1.54) is 125 Å². The maximum Gasteiger partial charge on any atom is 0.337 e. The second-order valence-electron chi connectivity index (χ2n) is 18.9. The predicted molar refractivity (Wildman–Crippen MR) is 334 cm³/mol. The summed E-state index contributed by atoms with van der Waals surface area (Å²) in [6.07, 6.45) is 0. The molecule has 461 valence electrons. The minimum Gasteiger partial charge on any atom is -0.497 e. The Balaban J connectivity index is 0.000000261. The van der Waals surface area contributed by atoms with E-state index in [0.29, 0.717) is 74.9 Å². The number of nitrogens with zero attached hydrogens (tertiary/aromatic N) is 4. The predicted octanol–water partition coefficient (Wildman–Crippen LogP) is 6.18. The second-order valence-corrected chi connectivity index (χ2v) is 25.3. The van der Waals surface area contributed by atoms with E-state index in [-0.39, 0.29) is 96.4 Å². The fourth-order valence-electron chi connectivity index (χ4n) is 8.22. The van der Waals surface area contributed by atoms with Gasteiger partial charge in [-0.25, -0.2) is 30.0 Å². The van der Waals surface area contributed by atoms with Crippen LogP contribution in [0.4, 0.5) is 17.1 Å². The van der Waals surface area contributed by atoms with Crippen molar-refractivity contribution in [3.8, 4) is 17.2 Å². The summed E-state index contributed by atoms with van der Waals surface area (Å²) < 4.78 is 109. The van der Waals surface area contributed by atoms with Gasteiger partial charge in [0.25, 0.3) is 41.9 Å². The normalized spacial score (nSPS) is 14.7. The van der Waals surface area contributed by atoms with Crippen LogP contribution in [0.3, 0.4) is 0 Å². The van der Waals surface area contributed by atoms with Gasteiger partial charge in [0, 0.05) is 125 Å². The quantitative estimate of drug-likeness (QED) is 0.0626. The number of carboxylic acid groups (broad SMARTS) is 1. The van der Waals surface area contributed by atoms with Crippen molar-refractivity contribution >= 4 is 108 Å². The number of amides is 2. The van der Waals surface area contributed by atoms with Gasteiger partial charge in [-0.15, -0.1) is 0 Å². The van der Waals surface area contributed by atoms with Gasteiger partial charge in [0.2, 0.25) is 0 Å². The third kappa shape index (κ3) is 21.2. The van der Waals surface area contributed by atoms with E-state index in [4.69, 9.17) is 56.8 Å². The number of aromatic carboxylic acids is 1. The zero-order valence-electron chi connectivity index (χ0n) is 49.7. The van der Waals surface area contributed by atoms with Gasteiger partial charge in [0.15, 0.2) is 0 Å². The van der Waals surface area contributed by atoms with Crippen molar-refractivity contribution in [1.29, 1.82) is 2.67 Å². The van der Waals surface area contributed by atoms with Crippen LogP contribution in [0.25, 0.3) is 0 Å². The van der Waals surface area contributed by atoms with Crippen LogP contribution in [0, 0.1) is 31.1 Å². The van der Waals surface area contributed by atoms with Gasteiger partial charge < -0.3 is 49.6 Å². The van der Waals surface area contributed by atoms with E-state index in [0.717, 1.165) is 26.2 Å². The molecule has 86 heavy (non-hydrogen) atoms. The van der Waals surface area contributed by atoms with Gasteiger partial charge in [-0.1, -0.05) is 34.8 Å². The molecule has 3 aliphatic heterocycles. The summed E-state index contributed by atoms with van der Waals surface area (Å²) in [5, 5.41) is 16.5. The molecule has 3 heterocycles. The summed E-state index contributed by atoms with van der Waals surface area (Å²) >= 11 is 17.8. The largest absolute Gasteiger partial charge is 0.497 e. The summed E-state index contributed by atoms with van der Waals surface area (Å²) in [7, 11) is -2.54. The van der Waals surface area contributed by atoms with Crippen LogP contribution < -0.4 is 39.0 Å². The molecule has 0 atom stereocenters. The third-order valence-electron chi connectivity index (χ3n) is 13.0. The van der Waals surface area contributed by atoms with Gasteiger partial charge in [-0.2, -0.15) is 0 Å². The molecule has 0 bridgehead atoms. The van der Waals surface area contributed by atoms with Crippen LogP contribution in [0.5, 0.6) is 17.2 Å². The van der Waals surface area contributed by atoms with Crippen LogP contribution >= 0.6 is 34.8 Å². The summed E-state index contributed by atoms with van der Waals surface area (Å²) in [6.45, 7) is 9.91. The average Bonchev–Trinajstić information content (AvgIpc) is 3.66. The molecule has 0 aliphatic carbocycles. The first-order valence-corrected chi connectivity index (χ1v) is 31.5. The van der Waals surface area contributed by atoms with Crippen molar-refractivity contribution in [2.75, 3.05) is 128 Å². The number of likely N-dealkylation sites (N-methyl/N-ethyl adjacent to an activating group) is 2. The number of ether oxygens (including phenoxy) is 3. The van der Waals surface area contributed by atoms with Crippen LogP contribution in [-0.4, -0.2) is 193 Å². The summed E-state index contributed by atoms with van der Waals surface area (Å²) in [4.78, 5) is 45.0. The van der Waals surface area contributed by atoms with Gasteiger partial charge in [-0.3, -0.25) is 23.8 Å². The molecular weight excluding hydrogens is 1460 g/mol. The SMILES string of the molecule is CN1CCNCC1.COc1ccc(S(=O)(=O)Nc2ccc(Cl)cc2C(=O)N2CCN(C)CC2)cc1.COc1ccc(S(=O)(=O)Nc2ccc(Cl)cc2C(=O)N2CCNCC2)cc1.COc1ccc(S(=O)(=O)Nc2ccc(Cl)cc2C(=O)O)cc1.[3H][B][3H].[U]. The van der Waals surface area contributed by atoms with Gasteiger partial charge >= 0.3 is 5.97 Å². The molecule has 6 aromatic carbocycles. The van der Waals surface area contributed by atoms with Crippen molar-refractivity contribution in [2.24, 2.45) is 0 Å². The van der Waals surface area contributed by atoms with Crippen molar-refractivity contribution in [1.82, 2.24) is 30.2 Å². The molecule has 6 aromatic rings. The first kappa shape index (κ1) is 69.3. The molecular formula is C56H68BCl3N9O13S3U. The number of benzene rings is 6. The van der Waals surface area contributed by atoms with Crippen molar-refractivity contribution in [3.63, 3.8) is 0 Å². The third-order valence-corrected chi connectivity index (χ3v) is 17.9. The standard InChI is InChI=1S/C19H22ClN3O4S.C18H20ClN3O4S.C14H12ClNO5S.C5H12N2.BH2.U/c1-22-9-11-23(12-10-22)19(24)17-13-14(20)3-8-18(17)21-28(25,26)16-6-4-15(27-2)5-7-16;1-26-14-3-5-15(6-4-14)27(24,25)21-17-7-2-13(19)12-16(17)18(23)22-10-8-20-9-11-22;1-21-10-3-5-11(6-4-10)22(19,20)16-13-7-2-9(15)8-12(13)14(17)18;1-7-4-2-6-3-5-7;;/h3-8,13,21H,9-12H2,1-2H3;2-7,12,20-21H,8-11H2,1H3;2-8,16H,1H3,(H,17,18);6H,2-5H2,1H3;1H2;/i;;;;1T2;. The number of carboxylic acids is 1. The van der Waals surface area contributed by atoms with Crippen LogP contribution in [-0.2, 0) is 30.1 Å². The number of halogens is 3. The van der Waals surface area contributed by atoms with Gasteiger partial charge in [-0.05, 0) is 144 Å². The zero-order chi connectivity index (χ0) is 63.9. The van der Waals surface area contributed by atoms with Crippen LogP contribution in [0.2, 0.25) is 15.1 Å². The molecule has 0 saturated carbocycles. The molecule has 3 fully saturated rings. The van der Waals surface area contributed by atoms with E-state index >= 15 is 0 Å². The van der Waals surface area contributed by atoms with E-state index in [1.807, 2.05) is 7.05 Å². The minimum absolute atomic E-state index is 0. The van der Waals surface area contributed by atoms with Crippen LogP contribution in [0.15, 0.2) is 142 Å². The Kier molecular flexibility index (Phi) is 27.5. The van der Waals surface area contributed by atoms with E-state index < -0.39 is 36.0 Å². The van der Waals surface area contributed by atoms with Gasteiger partial charge in [0.1, 0.15) is 17.2 Å². The summed E-state index contributed by atoms with van der Waals surface area (Å²) in [5.41, 5.74) is 0.552. The number of anilines is 3. The van der Waals surface area contributed by atoms with Crippen molar-refractivity contribution < 1.29 is 90.1 Å². The summed E-state index contributed by atoms with van der Waals surface area (Å²) in [5.74, 6) is -0.174.